The molecule has 11 heavy (non-hydrogen) atoms. The predicted molar refractivity (Wildman–Crippen MR) is 45.6 cm³/mol. The Kier molecular flexibility index (Phi) is 1.94. The second-order valence-electron chi connectivity index (χ2n) is 2.80. The van der Waals surface area contributed by atoms with Crippen LogP contribution in [0.15, 0.2) is 17.5 Å². The molecule has 1 aliphatic rings. The summed E-state index contributed by atoms with van der Waals surface area (Å²) in [7, 11) is 0. The second kappa shape index (κ2) is 2.93. The number of rotatable bonds is 1. The third-order valence-corrected chi connectivity index (χ3v) is 2.67. The molecule has 0 bridgehead atoms. The van der Waals surface area contributed by atoms with E-state index < -0.39 is 0 Å². The van der Waals surface area contributed by atoms with Crippen LogP contribution in [0.4, 0.5) is 0 Å². The molecular weight excluding hydrogens is 158 g/mol. The highest BCUT2D eigenvalue weighted by atomic mass is 32.1. The van der Waals surface area contributed by atoms with E-state index in [0.717, 1.165) is 6.61 Å². The molecule has 1 saturated heterocycles. The van der Waals surface area contributed by atoms with E-state index in [9.17, 15) is 0 Å². The first-order valence-corrected chi connectivity index (χ1v) is 4.65. The average Bonchev–Trinajstić information content (AvgIpc) is 2.55. The molecule has 2 heterocycles. The lowest BCUT2D eigenvalue weighted by Crippen LogP contribution is -2.21. The summed E-state index contributed by atoms with van der Waals surface area (Å²) in [6, 6.07) is 4.64. The Morgan fingerprint density at radius 1 is 1.73 bits per heavy atom. The van der Waals surface area contributed by atoms with E-state index in [4.69, 9.17) is 4.74 Å². The molecule has 1 N–H and O–H groups in total. The molecule has 2 atom stereocenters. The Morgan fingerprint density at radius 3 is 3.18 bits per heavy atom. The van der Waals surface area contributed by atoms with Crippen LogP contribution in [0.5, 0.6) is 0 Å². The first kappa shape index (κ1) is 7.28. The molecule has 2 nitrogen and oxygen atoms in total. The molecule has 1 fully saturated rings. The Morgan fingerprint density at radius 2 is 2.64 bits per heavy atom. The van der Waals surface area contributed by atoms with Crippen LogP contribution < -0.4 is 5.32 Å². The fourth-order valence-electron chi connectivity index (χ4n) is 1.20. The SMILES string of the molecule is CC1COC(c2cccs2)N1. The van der Waals surface area contributed by atoms with E-state index in [2.05, 4.69) is 23.7 Å². The summed E-state index contributed by atoms with van der Waals surface area (Å²) >= 11 is 1.73. The molecular formula is C8H11NOS. The summed E-state index contributed by atoms with van der Waals surface area (Å²) in [4.78, 5) is 1.27. The van der Waals surface area contributed by atoms with Crippen LogP contribution in [0.1, 0.15) is 18.0 Å². The van der Waals surface area contributed by atoms with Gasteiger partial charge in [0.25, 0.3) is 0 Å². The summed E-state index contributed by atoms with van der Waals surface area (Å²) < 4.78 is 5.51. The van der Waals surface area contributed by atoms with Crippen molar-refractivity contribution in [3.63, 3.8) is 0 Å². The van der Waals surface area contributed by atoms with E-state index in [1.807, 2.05) is 6.07 Å². The third kappa shape index (κ3) is 1.45. The number of hydrogen-bond acceptors (Lipinski definition) is 3. The summed E-state index contributed by atoms with van der Waals surface area (Å²) in [6.45, 7) is 2.95. The summed E-state index contributed by atoms with van der Waals surface area (Å²) in [6.07, 6.45) is 0.144. The van der Waals surface area contributed by atoms with Gasteiger partial charge in [0, 0.05) is 10.9 Å². The molecule has 60 valence electrons. The molecule has 3 heteroatoms. The van der Waals surface area contributed by atoms with E-state index in [-0.39, 0.29) is 6.23 Å². The lowest BCUT2D eigenvalue weighted by atomic mass is 10.4. The molecule has 1 aromatic rings. The van der Waals surface area contributed by atoms with Gasteiger partial charge in [0.1, 0.15) is 6.23 Å². The number of thiophene rings is 1. The van der Waals surface area contributed by atoms with Gasteiger partial charge < -0.3 is 4.74 Å². The van der Waals surface area contributed by atoms with Gasteiger partial charge in [-0.3, -0.25) is 5.32 Å². The zero-order valence-corrected chi connectivity index (χ0v) is 7.23. The Bertz CT molecular complexity index is 222. The van der Waals surface area contributed by atoms with Crippen molar-refractivity contribution in [2.45, 2.75) is 19.2 Å². The summed E-state index contributed by atoms with van der Waals surface area (Å²) in [5.74, 6) is 0. The first-order valence-electron chi connectivity index (χ1n) is 3.77. The van der Waals surface area contributed by atoms with Gasteiger partial charge in [-0.1, -0.05) is 6.07 Å². The van der Waals surface area contributed by atoms with Crippen molar-refractivity contribution < 1.29 is 4.74 Å². The van der Waals surface area contributed by atoms with Gasteiger partial charge in [-0.25, -0.2) is 0 Å². The molecule has 1 aromatic heterocycles. The molecule has 0 aromatic carbocycles. The fraction of sp³-hybridized carbons (Fsp3) is 0.500. The lowest BCUT2D eigenvalue weighted by molar-refractivity contribution is 0.104. The minimum atomic E-state index is 0.144. The monoisotopic (exact) mass is 169 g/mol. The molecule has 0 radical (unpaired) electrons. The van der Waals surface area contributed by atoms with Gasteiger partial charge in [0.15, 0.2) is 0 Å². The van der Waals surface area contributed by atoms with Crippen molar-refractivity contribution >= 4 is 11.3 Å². The highest BCUT2D eigenvalue weighted by Gasteiger charge is 2.22. The first-order chi connectivity index (χ1) is 5.36. The van der Waals surface area contributed by atoms with E-state index >= 15 is 0 Å². The predicted octanol–water partition coefficient (Wildman–Crippen LogP) is 1.75. The van der Waals surface area contributed by atoms with Crippen LogP contribution in [-0.4, -0.2) is 12.6 Å². The van der Waals surface area contributed by atoms with Crippen molar-refractivity contribution in [3.8, 4) is 0 Å². The zero-order valence-electron chi connectivity index (χ0n) is 6.41. The van der Waals surface area contributed by atoms with Gasteiger partial charge in [0.2, 0.25) is 0 Å². The Labute approximate surface area is 70.2 Å². The van der Waals surface area contributed by atoms with Crippen LogP contribution in [0, 0.1) is 0 Å². The summed E-state index contributed by atoms with van der Waals surface area (Å²) in [5, 5.41) is 5.42. The molecule has 0 amide bonds. The van der Waals surface area contributed by atoms with Crippen LogP contribution in [-0.2, 0) is 4.74 Å². The fourth-order valence-corrected chi connectivity index (χ4v) is 1.93. The molecule has 1 aliphatic heterocycles. The molecule has 0 spiro atoms. The lowest BCUT2D eigenvalue weighted by Gasteiger charge is -2.06. The number of hydrogen-bond donors (Lipinski definition) is 1. The van der Waals surface area contributed by atoms with Gasteiger partial charge >= 0.3 is 0 Å². The smallest absolute Gasteiger partial charge is 0.143 e. The second-order valence-corrected chi connectivity index (χ2v) is 3.78. The summed E-state index contributed by atoms with van der Waals surface area (Å²) in [5.41, 5.74) is 0. The number of nitrogens with one attached hydrogen (secondary N) is 1. The Balaban J connectivity index is 2.08. The minimum absolute atomic E-state index is 0.144. The topological polar surface area (TPSA) is 21.3 Å². The molecule has 2 rings (SSSR count). The van der Waals surface area contributed by atoms with Crippen LogP contribution in [0.3, 0.4) is 0 Å². The quantitative estimate of drug-likeness (QED) is 0.691. The van der Waals surface area contributed by atoms with E-state index in [1.165, 1.54) is 4.88 Å². The van der Waals surface area contributed by atoms with Crippen molar-refractivity contribution in [2.75, 3.05) is 6.61 Å². The van der Waals surface area contributed by atoms with E-state index in [1.54, 1.807) is 11.3 Å². The van der Waals surface area contributed by atoms with Gasteiger partial charge in [-0.05, 0) is 18.4 Å². The minimum Gasteiger partial charge on any atom is -0.357 e. The highest BCUT2D eigenvalue weighted by Crippen LogP contribution is 2.23. The molecule has 0 aliphatic carbocycles. The normalized spacial score (nSPS) is 31.0. The van der Waals surface area contributed by atoms with Crippen LogP contribution in [0.2, 0.25) is 0 Å². The van der Waals surface area contributed by atoms with Gasteiger partial charge in [-0.2, -0.15) is 0 Å². The maximum atomic E-state index is 5.51. The number of ether oxygens (including phenoxy) is 1. The van der Waals surface area contributed by atoms with Crippen molar-refractivity contribution in [3.05, 3.63) is 22.4 Å². The van der Waals surface area contributed by atoms with Gasteiger partial charge in [-0.15, -0.1) is 11.3 Å². The highest BCUT2D eigenvalue weighted by molar-refractivity contribution is 7.10. The molecule has 2 unspecified atom stereocenters. The van der Waals surface area contributed by atoms with Crippen molar-refractivity contribution in [1.29, 1.82) is 0 Å². The largest absolute Gasteiger partial charge is 0.357 e. The third-order valence-electron chi connectivity index (χ3n) is 1.75. The van der Waals surface area contributed by atoms with E-state index in [0.29, 0.717) is 6.04 Å². The van der Waals surface area contributed by atoms with Crippen LogP contribution in [0.25, 0.3) is 0 Å². The Hall–Kier alpha value is -0.380. The molecule has 0 saturated carbocycles. The van der Waals surface area contributed by atoms with Crippen LogP contribution >= 0.6 is 11.3 Å². The zero-order chi connectivity index (χ0) is 7.68. The average molecular weight is 169 g/mol. The van der Waals surface area contributed by atoms with Gasteiger partial charge in [0.05, 0.1) is 6.61 Å². The standard InChI is InChI=1S/C8H11NOS/c1-6-5-10-8(9-6)7-3-2-4-11-7/h2-4,6,8-9H,5H2,1H3. The van der Waals surface area contributed by atoms with Crippen molar-refractivity contribution in [2.24, 2.45) is 0 Å². The maximum Gasteiger partial charge on any atom is 0.143 e. The maximum absolute atomic E-state index is 5.51. The van der Waals surface area contributed by atoms with Crippen molar-refractivity contribution in [1.82, 2.24) is 5.32 Å².